The summed E-state index contributed by atoms with van der Waals surface area (Å²) in [5.41, 5.74) is 0.501. The minimum Gasteiger partial charge on any atom is -0.375 e. The smallest absolute Gasteiger partial charge is 0.146 e. The molecule has 0 amide bonds. The molecule has 0 saturated carbocycles. The van der Waals surface area contributed by atoms with Gasteiger partial charge in [-0.15, -0.1) is 0 Å². The second-order valence-electron chi connectivity index (χ2n) is 5.05. The molecule has 4 heteroatoms. The van der Waals surface area contributed by atoms with Gasteiger partial charge in [0, 0.05) is 5.56 Å². The molecule has 1 fully saturated rings. The van der Waals surface area contributed by atoms with Gasteiger partial charge in [0.05, 0.1) is 30.5 Å². The van der Waals surface area contributed by atoms with Crippen LogP contribution in [0.15, 0.2) is 18.2 Å². The Morgan fingerprint density at radius 1 is 1.37 bits per heavy atom. The summed E-state index contributed by atoms with van der Waals surface area (Å²) >= 11 is 0. The number of halogens is 1. The third-order valence-electron chi connectivity index (χ3n) is 3.33. The van der Waals surface area contributed by atoms with Crippen molar-refractivity contribution in [2.24, 2.45) is 0 Å². The molecule has 2 atom stereocenters. The number of ether oxygens (including phenoxy) is 2. The molecule has 1 aliphatic heterocycles. The largest absolute Gasteiger partial charge is 0.375 e. The van der Waals surface area contributed by atoms with Crippen LogP contribution in [0.1, 0.15) is 37.8 Å². The first-order chi connectivity index (χ1) is 9.10. The Bertz CT molecular complexity index is 474. The monoisotopic (exact) mass is 263 g/mol. The summed E-state index contributed by atoms with van der Waals surface area (Å²) in [6, 6.07) is 6.64. The second-order valence-corrected chi connectivity index (χ2v) is 5.05. The van der Waals surface area contributed by atoms with Gasteiger partial charge in [0.15, 0.2) is 0 Å². The minimum absolute atomic E-state index is 0.0646. The van der Waals surface area contributed by atoms with E-state index < -0.39 is 5.82 Å². The van der Waals surface area contributed by atoms with E-state index >= 15 is 0 Å². The fraction of sp³-hybridized carbons (Fsp3) is 0.533. The van der Waals surface area contributed by atoms with E-state index in [1.165, 1.54) is 6.07 Å². The first-order valence-electron chi connectivity index (χ1n) is 6.54. The molecule has 0 aliphatic carbocycles. The molecule has 0 radical (unpaired) electrons. The molecule has 1 aromatic rings. The van der Waals surface area contributed by atoms with Gasteiger partial charge in [-0.05, 0) is 32.8 Å². The SMILES string of the molecule is CC1CC(OCc2cccc(C#N)c2F)CC(C)O1. The van der Waals surface area contributed by atoms with Crippen LogP contribution in [0.5, 0.6) is 0 Å². The van der Waals surface area contributed by atoms with Crippen LogP contribution in [0.2, 0.25) is 0 Å². The molecule has 2 unspecified atom stereocenters. The fourth-order valence-corrected chi connectivity index (χ4v) is 2.47. The highest BCUT2D eigenvalue weighted by Crippen LogP contribution is 2.23. The highest BCUT2D eigenvalue weighted by molar-refractivity contribution is 5.34. The molecule has 0 N–H and O–H groups in total. The molecule has 1 heterocycles. The quantitative estimate of drug-likeness (QED) is 0.841. The van der Waals surface area contributed by atoms with Gasteiger partial charge in [0.1, 0.15) is 11.9 Å². The molecule has 0 aromatic heterocycles. The zero-order valence-corrected chi connectivity index (χ0v) is 11.2. The summed E-state index contributed by atoms with van der Waals surface area (Å²) in [7, 11) is 0. The molecule has 3 nitrogen and oxygen atoms in total. The Kier molecular flexibility index (Phi) is 4.52. The van der Waals surface area contributed by atoms with Crippen molar-refractivity contribution in [3.8, 4) is 6.07 Å². The Hall–Kier alpha value is -1.44. The van der Waals surface area contributed by atoms with Crippen molar-refractivity contribution >= 4 is 0 Å². The predicted octanol–water partition coefficient (Wildman–Crippen LogP) is 3.17. The van der Waals surface area contributed by atoms with Crippen molar-refractivity contribution in [3.63, 3.8) is 0 Å². The summed E-state index contributed by atoms with van der Waals surface area (Å²) in [5.74, 6) is -0.474. The maximum Gasteiger partial charge on any atom is 0.146 e. The second kappa shape index (κ2) is 6.14. The number of benzene rings is 1. The molecule has 0 bridgehead atoms. The maximum atomic E-state index is 13.9. The lowest BCUT2D eigenvalue weighted by Gasteiger charge is -2.32. The van der Waals surface area contributed by atoms with Crippen LogP contribution in [0, 0.1) is 17.1 Å². The van der Waals surface area contributed by atoms with Gasteiger partial charge >= 0.3 is 0 Å². The molecule has 1 aromatic carbocycles. The van der Waals surface area contributed by atoms with Crippen molar-refractivity contribution in [1.29, 1.82) is 5.26 Å². The Morgan fingerprint density at radius 2 is 2.05 bits per heavy atom. The molecule has 0 spiro atoms. The van der Waals surface area contributed by atoms with E-state index in [0.29, 0.717) is 5.56 Å². The summed E-state index contributed by atoms with van der Waals surface area (Å²) < 4.78 is 25.2. The first kappa shape index (κ1) is 14.0. The minimum atomic E-state index is -0.474. The van der Waals surface area contributed by atoms with Crippen molar-refractivity contribution in [2.45, 2.75) is 51.6 Å². The van der Waals surface area contributed by atoms with E-state index in [1.54, 1.807) is 12.1 Å². The number of nitriles is 1. The third kappa shape index (κ3) is 3.52. The van der Waals surface area contributed by atoms with Gasteiger partial charge in [0.25, 0.3) is 0 Å². The fourth-order valence-electron chi connectivity index (χ4n) is 2.47. The van der Waals surface area contributed by atoms with Gasteiger partial charge in [-0.3, -0.25) is 0 Å². The summed E-state index contributed by atoms with van der Waals surface area (Å²) in [6.45, 7) is 4.23. The standard InChI is InChI=1S/C15H18FNO2/c1-10-6-14(7-11(2)19-10)18-9-13-5-3-4-12(8-17)15(13)16/h3-5,10-11,14H,6-7,9H2,1-2H3. The summed E-state index contributed by atoms with van der Waals surface area (Å²) in [4.78, 5) is 0. The van der Waals surface area contributed by atoms with Crippen molar-refractivity contribution in [2.75, 3.05) is 0 Å². The van der Waals surface area contributed by atoms with E-state index in [1.807, 2.05) is 19.9 Å². The van der Waals surface area contributed by atoms with E-state index in [0.717, 1.165) is 12.8 Å². The van der Waals surface area contributed by atoms with Crippen molar-refractivity contribution in [3.05, 3.63) is 35.1 Å². The normalized spacial score (nSPS) is 26.9. The lowest BCUT2D eigenvalue weighted by molar-refractivity contribution is -0.106. The van der Waals surface area contributed by atoms with Gasteiger partial charge in [-0.2, -0.15) is 5.26 Å². The van der Waals surface area contributed by atoms with Gasteiger partial charge in [-0.25, -0.2) is 4.39 Å². The molecule has 1 saturated heterocycles. The Balaban J connectivity index is 1.97. The van der Waals surface area contributed by atoms with Crippen molar-refractivity contribution < 1.29 is 13.9 Å². The van der Waals surface area contributed by atoms with E-state index in [9.17, 15) is 4.39 Å². The van der Waals surface area contributed by atoms with E-state index in [4.69, 9.17) is 14.7 Å². The number of hydrogen-bond acceptors (Lipinski definition) is 3. The lowest BCUT2D eigenvalue weighted by Crippen LogP contribution is -2.34. The molecule has 1 aliphatic rings. The highest BCUT2D eigenvalue weighted by atomic mass is 19.1. The summed E-state index contributed by atoms with van der Waals surface area (Å²) in [6.07, 6.45) is 2.07. The molecular weight excluding hydrogens is 245 g/mol. The van der Waals surface area contributed by atoms with Gasteiger partial charge in [0.2, 0.25) is 0 Å². The van der Waals surface area contributed by atoms with Gasteiger partial charge < -0.3 is 9.47 Å². The molecule has 19 heavy (non-hydrogen) atoms. The maximum absolute atomic E-state index is 13.9. The molecule has 102 valence electrons. The number of rotatable bonds is 3. The zero-order chi connectivity index (χ0) is 13.8. The zero-order valence-electron chi connectivity index (χ0n) is 11.2. The first-order valence-corrected chi connectivity index (χ1v) is 6.54. The molecule has 2 rings (SSSR count). The summed E-state index contributed by atoms with van der Waals surface area (Å²) in [5, 5.41) is 8.78. The van der Waals surface area contributed by atoms with Crippen LogP contribution >= 0.6 is 0 Å². The number of nitrogens with zero attached hydrogens (tertiary/aromatic N) is 1. The van der Waals surface area contributed by atoms with E-state index in [-0.39, 0.29) is 30.5 Å². The molecular formula is C15H18FNO2. The number of hydrogen-bond donors (Lipinski definition) is 0. The lowest BCUT2D eigenvalue weighted by atomic mass is 10.0. The average molecular weight is 263 g/mol. The van der Waals surface area contributed by atoms with Crippen LogP contribution in [0.25, 0.3) is 0 Å². The van der Waals surface area contributed by atoms with Crippen molar-refractivity contribution in [1.82, 2.24) is 0 Å². The van der Waals surface area contributed by atoms with Crippen LogP contribution in [-0.4, -0.2) is 18.3 Å². The predicted molar refractivity (Wildman–Crippen MR) is 68.9 cm³/mol. The van der Waals surface area contributed by atoms with Crippen LogP contribution in [0.3, 0.4) is 0 Å². The topological polar surface area (TPSA) is 42.2 Å². The third-order valence-corrected chi connectivity index (χ3v) is 3.33. The highest BCUT2D eigenvalue weighted by Gasteiger charge is 2.25. The average Bonchev–Trinajstić information content (AvgIpc) is 2.36. The van der Waals surface area contributed by atoms with Gasteiger partial charge in [-0.1, -0.05) is 12.1 Å². The van der Waals surface area contributed by atoms with Crippen LogP contribution in [-0.2, 0) is 16.1 Å². The van der Waals surface area contributed by atoms with E-state index in [2.05, 4.69) is 0 Å². The van der Waals surface area contributed by atoms with Crippen LogP contribution in [0.4, 0.5) is 4.39 Å². The Morgan fingerprint density at radius 3 is 2.68 bits per heavy atom. The Labute approximate surface area is 112 Å². The van der Waals surface area contributed by atoms with Crippen LogP contribution < -0.4 is 0 Å².